The molecule has 1 aromatic carbocycles. The Hall–Kier alpha value is -1.95. The van der Waals surface area contributed by atoms with Gasteiger partial charge in [0.2, 0.25) is 5.95 Å². The SMILES string of the molecule is Cc1nc(NC(=O)c2ccc(F)c(Cl)c2)n(C)n1. The first-order valence-electron chi connectivity index (χ1n) is 5.11. The maximum Gasteiger partial charge on any atom is 0.258 e. The van der Waals surface area contributed by atoms with E-state index in [2.05, 4.69) is 15.4 Å². The number of anilines is 1. The van der Waals surface area contributed by atoms with Gasteiger partial charge in [0.1, 0.15) is 11.6 Å². The van der Waals surface area contributed by atoms with E-state index < -0.39 is 11.7 Å². The lowest BCUT2D eigenvalue weighted by Crippen LogP contribution is -2.15. The highest BCUT2D eigenvalue weighted by molar-refractivity contribution is 6.31. The van der Waals surface area contributed by atoms with Crippen molar-refractivity contribution in [3.63, 3.8) is 0 Å². The predicted molar refractivity (Wildman–Crippen MR) is 65.1 cm³/mol. The van der Waals surface area contributed by atoms with Crippen molar-refractivity contribution in [2.45, 2.75) is 6.92 Å². The van der Waals surface area contributed by atoms with Crippen molar-refractivity contribution in [1.82, 2.24) is 14.8 Å². The number of benzene rings is 1. The zero-order valence-corrected chi connectivity index (χ0v) is 10.5. The van der Waals surface area contributed by atoms with Crippen LogP contribution in [0.15, 0.2) is 18.2 Å². The molecule has 94 valence electrons. The van der Waals surface area contributed by atoms with Crippen LogP contribution in [0, 0.1) is 12.7 Å². The van der Waals surface area contributed by atoms with Crippen LogP contribution < -0.4 is 5.32 Å². The van der Waals surface area contributed by atoms with Crippen LogP contribution in [0.1, 0.15) is 16.2 Å². The molecular formula is C11H10ClFN4O. The van der Waals surface area contributed by atoms with Crippen molar-refractivity contribution in [2.24, 2.45) is 7.05 Å². The highest BCUT2D eigenvalue weighted by Crippen LogP contribution is 2.16. The van der Waals surface area contributed by atoms with E-state index >= 15 is 0 Å². The van der Waals surface area contributed by atoms with Crippen LogP contribution in [0.25, 0.3) is 0 Å². The number of nitrogens with zero attached hydrogens (tertiary/aromatic N) is 3. The monoisotopic (exact) mass is 268 g/mol. The van der Waals surface area contributed by atoms with Crippen molar-refractivity contribution in [2.75, 3.05) is 5.32 Å². The second-order valence-corrected chi connectivity index (χ2v) is 4.10. The summed E-state index contributed by atoms with van der Waals surface area (Å²) < 4.78 is 14.4. The molecule has 7 heteroatoms. The van der Waals surface area contributed by atoms with Crippen LogP contribution in [-0.4, -0.2) is 20.7 Å². The summed E-state index contributed by atoms with van der Waals surface area (Å²) in [5.74, 6) is -0.127. The minimum Gasteiger partial charge on any atom is -0.291 e. The van der Waals surface area contributed by atoms with Gasteiger partial charge in [0.05, 0.1) is 5.02 Å². The van der Waals surface area contributed by atoms with E-state index in [0.717, 1.165) is 6.07 Å². The minimum absolute atomic E-state index is 0.100. The molecule has 1 N–H and O–H groups in total. The van der Waals surface area contributed by atoms with Gasteiger partial charge in [0, 0.05) is 12.6 Å². The predicted octanol–water partition coefficient (Wildman–Crippen LogP) is 2.17. The smallest absolute Gasteiger partial charge is 0.258 e. The van der Waals surface area contributed by atoms with E-state index in [-0.39, 0.29) is 10.6 Å². The Labute approximate surface area is 108 Å². The summed E-state index contributed by atoms with van der Waals surface area (Å²) in [6.45, 7) is 1.71. The number of carbonyl (C=O) groups excluding carboxylic acids is 1. The Kier molecular flexibility index (Phi) is 3.29. The third-order valence-electron chi connectivity index (χ3n) is 2.28. The normalized spacial score (nSPS) is 10.4. The fraction of sp³-hybridized carbons (Fsp3) is 0.182. The van der Waals surface area contributed by atoms with E-state index in [1.165, 1.54) is 16.8 Å². The Balaban J connectivity index is 2.22. The van der Waals surface area contributed by atoms with Crippen molar-refractivity contribution >= 4 is 23.5 Å². The average molecular weight is 269 g/mol. The largest absolute Gasteiger partial charge is 0.291 e. The molecule has 0 saturated carbocycles. The maximum absolute atomic E-state index is 13.0. The summed E-state index contributed by atoms with van der Waals surface area (Å²) in [7, 11) is 1.66. The molecule has 1 aromatic heterocycles. The van der Waals surface area contributed by atoms with E-state index in [1.54, 1.807) is 14.0 Å². The molecule has 1 heterocycles. The van der Waals surface area contributed by atoms with Gasteiger partial charge in [-0.05, 0) is 25.1 Å². The number of aryl methyl sites for hydroxylation is 2. The first kappa shape index (κ1) is 12.5. The quantitative estimate of drug-likeness (QED) is 0.908. The summed E-state index contributed by atoms with van der Waals surface area (Å²) in [5.41, 5.74) is 0.252. The van der Waals surface area contributed by atoms with Gasteiger partial charge in [-0.2, -0.15) is 10.1 Å². The summed E-state index contributed by atoms with van der Waals surface area (Å²) >= 11 is 5.61. The molecule has 0 bridgehead atoms. The van der Waals surface area contributed by atoms with Gasteiger partial charge in [-0.3, -0.25) is 10.1 Å². The maximum atomic E-state index is 13.0. The summed E-state index contributed by atoms with van der Waals surface area (Å²) in [6, 6.07) is 3.74. The molecule has 0 aliphatic carbocycles. The molecule has 2 rings (SSSR count). The molecule has 0 radical (unpaired) electrons. The molecule has 1 amide bonds. The number of aromatic nitrogens is 3. The van der Waals surface area contributed by atoms with E-state index in [0.29, 0.717) is 11.8 Å². The van der Waals surface area contributed by atoms with Crippen LogP contribution in [0.3, 0.4) is 0 Å². The number of carbonyl (C=O) groups is 1. The van der Waals surface area contributed by atoms with Crippen molar-refractivity contribution in [1.29, 1.82) is 0 Å². The van der Waals surface area contributed by atoms with Crippen LogP contribution >= 0.6 is 11.6 Å². The number of rotatable bonds is 2. The molecule has 0 fully saturated rings. The van der Waals surface area contributed by atoms with Gasteiger partial charge in [-0.1, -0.05) is 11.6 Å². The number of amides is 1. The van der Waals surface area contributed by atoms with Crippen LogP contribution in [-0.2, 0) is 7.05 Å². The van der Waals surface area contributed by atoms with Crippen molar-refractivity contribution in [3.8, 4) is 0 Å². The average Bonchev–Trinajstić information content (AvgIpc) is 2.61. The van der Waals surface area contributed by atoms with Gasteiger partial charge in [-0.15, -0.1) is 0 Å². The molecule has 0 atom stereocenters. The van der Waals surface area contributed by atoms with Gasteiger partial charge in [-0.25, -0.2) is 9.07 Å². The first-order chi connectivity index (χ1) is 8.47. The molecule has 18 heavy (non-hydrogen) atoms. The fourth-order valence-corrected chi connectivity index (χ4v) is 1.61. The second kappa shape index (κ2) is 4.73. The van der Waals surface area contributed by atoms with E-state index in [4.69, 9.17) is 11.6 Å². The van der Waals surface area contributed by atoms with Crippen LogP contribution in [0.5, 0.6) is 0 Å². The third kappa shape index (κ3) is 2.48. The number of hydrogen-bond donors (Lipinski definition) is 1. The van der Waals surface area contributed by atoms with E-state index in [1.807, 2.05) is 0 Å². The van der Waals surface area contributed by atoms with Crippen LogP contribution in [0.2, 0.25) is 5.02 Å². The Bertz CT molecular complexity index is 611. The highest BCUT2D eigenvalue weighted by Gasteiger charge is 2.12. The second-order valence-electron chi connectivity index (χ2n) is 3.69. The zero-order valence-electron chi connectivity index (χ0n) is 9.74. The molecule has 0 unspecified atom stereocenters. The molecule has 0 spiro atoms. The van der Waals surface area contributed by atoms with Gasteiger partial charge < -0.3 is 0 Å². The molecule has 0 aliphatic rings. The van der Waals surface area contributed by atoms with E-state index in [9.17, 15) is 9.18 Å². The van der Waals surface area contributed by atoms with Crippen molar-refractivity contribution < 1.29 is 9.18 Å². The first-order valence-corrected chi connectivity index (χ1v) is 5.49. The molecule has 5 nitrogen and oxygen atoms in total. The summed E-state index contributed by atoms with van der Waals surface area (Å²) in [6.07, 6.45) is 0. The molecule has 2 aromatic rings. The lowest BCUT2D eigenvalue weighted by molar-refractivity contribution is 0.102. The summed E-state index contributed by atoms with van der Waals surface area (Å²) in [4.78, 5) is 15.9. The third-order valence-corrected chi connectivity index (χ3v) is 2.57. The standard InChI is InChI=1S/C11H10ClFN4O/c1-6-14-11(17(2)16-6)15-10(18)7-3-4-9(13)8(12)5-7/h3-5H,1-2H3,(H,14,15,16,18). The lowest BCUT2D eigenvalue weighted by atomic mass is 10.2. The topological polar surface area (TPSA) is 59.8 Å². The number of hydrogen-bond acceptors (Lipinski definition) is 3. The molecular weight excluding hydrogens is 259 g/mol. The fourth-order valence-electron chi connectivity index (χ4n) is 1.43. The Morgan fingerprint density at radius 2 is 2.22 bits per heavy atom. The minimum atomic E-state index is -0.567. The lowest BCUT2D eigenvalue weighted by Gasteiger charge is -2.04. The highest BCUT2D eigenvalue weighted by atomic mass is 35.5. The number of nitrogens with one attached hydrogen (secondary N) is 1. The summed E-state index contributed by atoms with van der Waals surface area (Å²) in [5, 5.41) is 6.46. The van der Waals surface area contributed by atoms with Gasteiger partial charge >= 0.3 is 0 Å². The van der Waals surface area contributed by atoms with Crippen molar-refractivity contribution in [3.05, 3.63) is 40.4 Å². The van der Waals surface area contributed by atoms with Gasteiger partial charge in [0.15, 0.2) is 0 Å². The van der Waals surface area contributed by atoms with Crippen LogP contribution in [0.4, 0.5) is 10.3 Å². The molecule has 0 saturated heterocycles. The zero-order chi connectivity index (χ0) is 13.3. The van der Waals surface area contributed by atoms with Gasteiger partial charge in [0.25, 0.3) is 5.91 Å². The molecule has 0 aliphatic heterocycles. The Morgan fingerprint density at radius 3 is 2.78 bits per heavy atom. The number of halogens is 2. The Morgan fingerprint density at radius 1 is 1.50 bits per heavy atom.